The summed E-state index contributed by atoms with van der Waals surface area (Å²) in [6.45, 7) is 0.860. The van der Waals surface area contributed by atoms with E-state index in [-0.39, 0.29) is 37.7 Å². The van der Waals surface area contributed by atoms with Gasteiger partial charge in [-0.1, -0.05) is 24.3 Å². The highest BCUT2D eigenvalue weighted by molar-refractivity contribution is 5.91. The minimum absolute atomic E-state index is 0.101. The van der Waals surface area contributed by atoms with E-state index in [0.29, 0.717) is 12.3 Å². The fourth-order valence-electron chi connectivity index (χ4n) is 3.89. The fourth-order valence-corrected chi connectivity index (χ4v) is 3.89. The number of carboxylic acids is 1. The zero-order valence-corrected chi connectivity index (χ0v) is 14.7. The second-order valence-electron chi connectivity index (χ2n) is 7.05. The zero-order valence-electron chi connectivity index (χ0n) is 14.7. The summed E-state index contributed by atoms with van der Waals surface area (Å²) >= 11 is 0. The van der Waals surface area contributed by atoms with Gasteiger partial charge in [0.2, 0.25) is 11.8 Å². The molecular formula is C20H20N2O5. The van der Waals surface area contributed by atoms with Gasteiger partial charge in [0.15, 0.2) is 0 Å². The average Bonchev–Trinajstić information content (AvgIpc) is 3.30. The van der Waals surface area contributed by atoms with Crippen molar-refractivity contribution in [1.29, 1.82) is 0 Å². The van der Waals surface area contributed by atoms with Crippen LogP contribution in [0.2, 0.25) is 0 Å². The molecule has 2 amide bonds. The molecule has 0 radical (unpaired) electrons. The van der Waals surface area contributed by atoms with E-state index in [1.165, 1.54) is 4.90 Å². The highest BCUT2D eigenvalue weighted by Gasteiger charge is 2.41. The highest BCUT2D eigenvalue weighted by atomic mass is 16.4. The third-order valence-corrected chi connectivity index (χ3v) is 5.31. The monoisotopic (exact) mass is 368 g/mol. The Morgan fingerprint density at radius 3 is 2.59 bits per heavy atom. The van der Waals surface area contributed by atoms with E-state index in [0.717, 1.165) is 11.1 Å². The molecule has 2 aromatic rings. The number of aliphatic carboxylic acids is 1. The predicted octanol–water partition coefficient (Wildman–Crippen LogP) is 1.67. The molecule has 4 rings (SSSR count). The molecule has 2 aliphatic heterocycles. The third-order valence-electron chi connectivity index (χ3n) is 5.31. The van der Waals surface area contributed by atoms with Crippen LogP contribution >= 0.6 is 0 Å². The van der Waals surface area contributed by atoms with Gasteiger partial charge in [-0.05, 0) is 23.3 Å². The Morgan fingerprint density at radius 2 is 1.89 bits per heavy atom. The number of nitrogens with zero attached hydrogens (tertiary/aromatic N) is 2. The molecule has 1 fully saturated rings. The summed E-state index contributed by atoms with van der Waals surface area (Å²) < 4.78 is 5.28. The molecule has 0 saturated carbocycles. The number of fused-ring (bicyclic) bond motifs is 1. The van der Waals surface area contributed by atoms with Crippen LogP contribution in [-0.2, 0) is 33.9 Å². The first-order valence-corrected chi connectivity index (χ1v) is 8.93. The van der Waals surface area contributed by atoms with Crippen LogP contribution in [0.25, 0.3) is 0 Å². The van der Waals surface area contributed by atoms with Crippen LogP contribution in [0, 0.1) is 5.92 Å². The van der Waals surface area contributed by atoms with Gasteiger partial charge in [-0.3, -0.25) is 9.59 Å². The summed E-state index contributed by atoms with van der Waals surface area (Å²) in [5.74, 6) is -1.28. The molecule has 0 unspecified atom stereocenters. The molecule has 2 aliphatic rings. The van der Waals surface area contributed by atoms with Gasteiger partial charge < -0.3 is 19.3 Å². The number of benzene rings is 1. The van der Waals surface area contributed by atoms with E-state index >= 15 is 0 Å². The summed E-state index contributed by atoms with van der Waals surface area (Å²) in [5.41, 5.74) is 1.91. The average molecular weight is 368 g/mol. The van der Waals surface area contributed by atoms with Crippen molar-refractivity contribution >= 4 is 17.8 Å². The smallest absolute Gasteiger partial charge is 0.326 e. The lowest BCUT2D eigenvalue weighted by molar-refractivity contribution is -0.153. The summed E-state index contributed by atoms with van der Waals surface area (Å²) in [4.78, 5) is 40.1. The minimum Gasteiger partial charge on any atom is -0.480 e. The van der Waals surface area contributed by atoms with Gasteiger partial charge in [0.25, 0.3) is 0 Å². The molecule has 1 aromatic heterocycles. The normalized spacial score (nSPS) is 22.0. The van der Waals surface area contributed by atoms with Crippen molar-refractivity contribution < 1.29 is 23.9 Å². The van der Waals surface area contributed by atoms with Gasteiger partial charge >= 0.3 is 5.97 Å². The molecule has 0 bridgehead atoms. The first-order valence-electron chi connectivity index (χ1n) is 8.93. The van der Waals surface area contributed by atoms with Gasteiger partial charge in [-0.2, -0.15) is 0 Å². The van der Waals surface area contributed by atoms with Gasteiger partial charge in [-0.25, -0.2) is 4.79 Å². The molecule has 0 aliphatic carbocycles. The molecule has 140 valence electrons. The van der Waals surface area contributed by atoms with Crippen molar-refractivity contribution in [2.24, 2.45) is 5.92 Å². The second-order valence-corrected chi connectivity index (χ2v) is 7.05. The Morgan fingerprint density at radius 1 is 1.11 bits per heavy atom. The van der Waals surface area contributed by atoms with Crippen molar-refractivity contribution in [3.63, 3.8) is 0 Å². The van der Waals surface area contributed by atoms with E-state index in [1.54, 1.807) is 23.3 Å². The molecule has 27 heavy (non-hydrogen) atoms. The first kappa shape index (κ1) is 17.3. The molecule has 7 nitrogen and oxygen atoms in total. The second kappa shape index (κ2) is 6.90. The predicted molar refractivity (Wildman–Crippen MR) is 94.4 cm³/mol. The van der Waals surface area contributed by atoms with Crippen molar-refractivity contribution in [3.05, 3.63) is 59.5 Å². The van der Waals surface area contributed by atoms with Gasteiger partial charge in [0.05, 0.1) is 18.7 Å². The van der Waals surface area contributed by atoms with Crippen LogP contribution in [0.15, 0.2) is 47.1 Å². The van der Waals surface area contributed by atoms with E-state index in [4.69, 9.17) is 4.42 Å². The minimum atomic E-state index is -1.02. The molecule has 1 saturated heterocycles. The molecule has 0 spiro atoms. The third kappa shape index (κ3) is 3.32. The van der Waals surface area contributed by atoms with Crippen molar-refractivity contribution in [3.8, 4) is 0 Å². The summed E-state index contributed by atoms with van der Waals surface area (Å²) in [5, 5.41) is 9.62. The Balaban J connectivity index is 1.51. The zero-order chi connectivity index (χ0) is 19.0. The number of furan rings is 1. The van der Waals surface area contributed by atoms with Crippen LogP contribution < -0.4 is 0 Å². The lowest BCUT2D eigenvalue weighted by Crippen LogP contribution is -2.51. The number of carbonyl (C=O) groups excluding carboxylic acids is 2. The van der Waals surface area contributed by atoms with Crippen LogP contribution in [0.5, 0.6) is 0 Å². The van der Waals surface area contributed by atoms with Crippen LogP contribution in [0.4, 0.5) is 0 Å². The van der Waals surface area contributed by atoms with Crippen LogP contribution in [0.1, 0.15) is 23.3 Å². The maximum atomic E-state index is 13.1. The molecule has 1 aromatic carbocycles. The molecular weight excluding hydrogens is 348 g/mol. The quantitative estimate of drug-likeness (QED) is 0.886. The number of carboxylic acid groups (broad SMARTS) is 1. The van der Waals surface area contributed by atoms with Crippen molar-refractivity contribution in [2.75, 3.05) is 6.54 Å². The van der Waals surface area contributed by atoms with Gasteiger partial charge in [0.1, 0.15) is 11.8 Å². The maximum Gasteiger partial charge on any atom is 0.326 e. The van der Waals surface area contributed by atoms with Gasteiger partial charge in [0, 0.05) is 25.9 Å². The summed E-state index contributed by atoms with van der Waals surface area (Å²) in [7, 11) is 0. The number of amides is 2. The lowest BCUT2D eigenvalue weighted by Gasteiger charge is -2.35. The Hall–Kier alpha value is -3.09. The SMILES string of the molecule is O=C(O)[C@@H]1Cc2ccccc2CN1C(=O)[C@@H]1CC(=O)N(Cc2ccco2)C1. The molecule has 2 atom stereocenters. The van der Waals surface area contributed by atoms with Crippen LogP contribution in [0.3, 0.4) is 0 Å². The highest BCUT2D eigenvalue weighted by Crippen LogP contribution is 2.28. The molecule has 1 N–H and O–H groups in total. The standard InChI is InChI=1S/C20H20N2O5/c23-18-9-15(10-21(18)12-16-6-3-7-27-16)19(24)22-11-14-5-2-1-4-13(14)8-17(22)20(25)26/h1-7,15,17H,8-12H2,(H,25,26)/t15-,17+/m1/s1. The summed E-state index contributed by atoms with van der Waals surface area (Å²) in [6.07, 6.45) is 1.93. The van der Waals surface area contributed by atoms with Crippen LogP contribution in [-0.4, -0.2) is 45.3 Å². The van der Waals surface area contributed by atoms with Crippen molar-refractivity contribution in [2.45, 2.75) is 32.0 Å². The topological polar surface area (TPSA) is 91.1 Å². The number of rotatable bonds is 4. The van der Waals surface area contributed by atoms with E-state index < -0.39 is 17.9 Å². The number of carbonyl (C=O) groups is 3. The largest absolute Gasteiger partial charge is 0.480 e. The van der Waals surface area contributed by atoms with E-state index in [1.807, 2.05) is 24.3 Å². The number of hydrogen-bond donors (Lipinski definition) is 1. The molecule has 7 heteroatoms. The number of hydrogen-bond acceptors (Lipinski definition) is 4. The molecule has 3 heterocycles. The summed E-state index contributed by atoms with van der Waals surface area (Å²) in [6, 6.07) is 10.2. The number of likely N-dealkylation sites (tertiary alicyclic amines) is 1. The Labute approximate surface area is 156 Å². The van der Waals surface area contributed by atoms with E-state index in [2.05, 4.69) is 0 Å². The Kier molecular flexibility index (Phi) is 4.43. The van der Waals surface area contributed by atoms with Crippen molar-refractivity contribution in [1.82, 2.24) is 9.80 Å². The Bertz CT molecular complexity index is 876. The fraction of sp³-hybridized carbons (Fsp3) is 0.350. The lowest BCUT2D eigenvalue weighted by atomic mass is 9.92. The van der Waals surface area contributed by atoms with Gasteiger partial charge in [-0.15, -0.1) is 0 Å². The maximum absolute atomic E-state index is 13.1. The van der Waals surface area contributed by atoms with E-state index in [9.17, 15) is 19.5 Å². The first-order chi connectivity index (χ1) is 13.0.